The number of nitrogens with one attached hydrogen (secondary N) is 1. The average Bonchev–Trinajstić information content (AvgIpc) is 3.45. The van der Waals surface area contributed by atoms with Gasteiger partial charge in [-0.25, -0.2) is 4.98 Å². The highest BCUT2D eigenvalue weighted by molar-refractivity contribution is 5.94. The molecule has 0 unspecified atom stereocenters. The Morgan fingerprint density at radius 1 is 1.08 bits per heavy atom. The van der Waals surface area contributed by atoms with Crippen LogP contribution in [0.25, 0.3) is 22.2 Å². The van der Waals surface area contributed by atoms with Crippen molar-refractivity contribution < 1.29 is 14.1 Å². The molecule has 1 saturated carbocycles. The molecule has 2 aliphatic heterocycles. The number of rotatable bonds is 5. The second kappa shape index (κ2) is 9.15. The van der Waals surface area contributed by atoms with E-state index in [4.69, 9.17) is 14.2 Å². The van der Waals surface area contributed by atoms with Crippen molar-refractivity contribution in [1.82, 2.24) is 25.0 Å². The zero-order valence-electron chi connectivity index (χ0n) is 21.8. The van der Waals surface area contributed by atoms with Crippen molar-refractivity contribution in [2.45, 2.75) is 58.0 Å². The fourth-order valence-corrected chi connectivity index (χ4v) is 6.12. The first-order valence-electron chi connectivity index (χ1n) is 13.7. The van der Waals surface area contributed by atoms with Crippen molar-refractivity contribution in [1.29, 1.82) is 0 Å². The minimum Gasteiger partial charge on any atom is -0.488 e. The van der Waals surface area contributed by atoms with E-state index in [1.165, 1.54) is 6.42 Å². The van der Waals surface area contributed by atoms with Crippen LogP contribution < -0.4 is 15.0 Å². The molecule has 9 heteroatoms. The van der Waals surface area contributed by atoms with Crippen LogP contribution in [0.3, 0.4) is 0 Å². The summed E-state index contributed by atoms with van der Waals surface area (Å²) < 4.78 is 14.3. The van der Waals surface area contributed by atoms with Gasteiger partial charge in [0, 0.05) is 36.8 Å². The molecule has 9 nitrogen and oxygen atoms in total. The summed E-state index contributed by atoms with van der Waals surface area (Å²) in [6, 6.07) is 10.3. The molecular weight excluding hydrogens is 480 g/mol. The number of aryl methyl sites for hydroxylation is 2. The summed E-state index contributed by atoms with van der Waals surface area (Å²) in [6.07, 6.45) is 6.88. The summed E-state index contributed by atoms with van der Waals surface area (Å²) >= 11 is 0. The maximum atomic E-state index is 12.5. The average molecular weight is 513 g/mol. The molecule has 0 spiro atoms. The van der Waals surface area contributed by atoms with Crippen molar-refractivity contribution in [2.24, 2.45) is 5.92 Å². The molecule has 7 rings (SSSR count). The van der Waals surface area contributed by atoms with Crippen LogP contribution in [0.2, 0.25) is 0 Å². The molecule has 0 bridgehead atoms. The number of benzene rings is 1. The number of nitrogens with zero attached hydrogens (tertiary/aromatic N) is 5. The third-order valence-corrected chi connectivity index (χ3v) is 8.42. The molecule has 1 aromatic carbocycles. The number of hydrogen-bond donors (Lipinski definition) is 1. The zero-order chi connectivity index (χ0) is 25.8. The van der Waals surface area contributed by atoms with Crippen LogP contribution >= 0.6 is 0 Å². The zero-order valence-corrected chi connectivity index (χ0v) is 21.8. The van der Waals surface area contributed by atoms with E-state index in [0.717, 1.165) is 89.8 Å². The SMILES string of the molecule is Cc1noc(C)c1-c1ccc2nc(N3CCC(NC(=O)C4CCC4)CC3)n3c2c1OC[C@@H]3c1ccccn1. The van der Waals surface area contributed by atoms with E-state index in [-0.39, 0.29) is 23.9 Å². The van der Waals surface area contributed by atoms with Gasteiger partial charge in [-0.05, 0) is 63.8 Å². The number of anilines is 1. The topological polar surface area (TPSA) is 98.3 Å². The number of aromatic nitrogens is 4. The van der Waals surface area contributed by atoms with Gasteiger partial charge in [0.25, 0.3) is 0 Å². The van der Waals surface area contributed by atoms with Gasteiger partial charge in [-0.3, -0.25) is 14.3 Å². The Hall–Kier alpha value is -3.88. The van der Waals surface area contributed by atoms with Gasteiger partial charge in [0.05, 0.1) is 22.5 Å². The second-order valence-corrected chi connectivity index (χ2v) is 10.8. The summed E-state index contributed by atoms with van der Waals surface area (Å²) in [6.45, 7) is 6.01. The van der Waals surface area contributed by atoms with Gasteiger partial charge < -0.3 is 19.5 Å². The Kier molecular flexibility index (Phi) is 5.60. The molecule has 196 valence electrons. The van der Waals surface area contributed by atoms with E-state index in [9.17, 15) is 4.79 Å². The predicted molar refractivity (Wildman–Crippen MR) is 143 cm³/mol. The van der Waals surface area contributed by atoms with Crippen molar-refractivity contribution >= 4 is 22.9 Å². The highest BCUT2D eigenvalue weighted by Crippen LogP contribution is 2.46. The van der Waals surface area contributed by atoms with Gasteiger partial charge in [-0.2, -0.15) is 0 Å². The number of ether oxygens (including phenoxy) is 1. The third kappa shape index (κ3) is 3.75. The number of piperidine rings is 1. The number of hydrogen-bond acceptors (Lipinski definition) is 7. The number of pyridine rings is 1. The minimum atomic E-state index is -0.0975. The molecule has 5 heterocycles. The Morgan fingerprint density at radius 3 is 2.61 bits per heavy atom. The monoisotopic (exact) mass is 512 g/mol. The molecule has 3 aliphatic rings. The molecule has 1 saturated heterocycles. The summed E-state index contributed by atoms with van der Waals surface area (Å²) in [5.41, 5.74) is 5.59. The van der Waals surface area contributed by atoms with E-state index in [0.29, 0.717) is 6.61 Å². The molecule has 1 atom stereocenters. The van der Waals surface area contributed by atoms with Gasteiger partial charge in [0.1, 0.15) is 23.9 Å². The van der Waals surface area contributed by atoms with Gasteiger partial charge >= 0.3 is 0 Å². The molecule has 2 fully saturated rings. The second-order valence-electron chi connectivity index (χ2n) is 10.8. The van der Waals surface area contributed by atoms with Crippen LogP contribution in [0.15, 0.2) is 41.1 Å². The Morgan fingerprint density at radius 2 is 1.92 bits per heavy atom. The minimum absolute atomic E-state index is 0.0975. The van der Waals surface area contributed by atoms with E-state index in [2.05, 4.69) is 43.1 Å². The number of carbonyl (C=O) groups excluding carboxylic acids is 1. The first-order chi connectivity index (χ1) is 18.6. The Balaban J connectivity index is 1.27. The lowest BCUT2D eigenvalue weighted by atomic mass is 9.84. The molecule has 1 amide bonds. The largest absolute Gasteiger partial charge is 0.488 e. The molecular formula is C29H32N6O3. The maximum absolute atomic E-state index is 12.5. The van der Waals surface area contributed by atoms with Crippen molar-refractivity contribution in [2.75, 3.05) is 24.6 Å². The van der Waals surface area contributed by atoms with Crippen LogP contribution in [0, 0.1) is 19.8 Å². The first-order valence-corrected chi connectivity index (χ1v) is 13.7. The number of imidazole rings is 1. The highest BCUT2D eigenvalue weighted by Gasteiger charge is 2.35. The maximum Gasteiger partial charge on any atom is 0.223 e. The van der Waals surface area contributed by atoms with Crippen molar-refractivity contribution in [3.63, 3.8) is 0 Å². The van der Waals surface area contributed by atoms with Gasteiger partial charge in [-0.15, -0.1) is 0 Å². The van der Waals surface area contributed by atoms with E-state index in [1.54, 1.807) is 0 Å². The van der Waals surface area contributed by atoms with Gasteiger partial charge in [-0.1, -0.05) is 17.6 Å². The normalized spacial score (nSPS) is 19.8. The Labute approximate surface area is 221 Å². The fraction of sp³-hybridized carbons (Fsp3) is 0.448. The van der Waals surface area contributed by atoms with Crippen LogP contribution in [0.5, 0.6) is 5.75 Å². The quantitative estimate of drug-likeness (QED) is 0.418. The first kappa shape index (κ1) is 23.3. The highest BCUT2D eigenvalue weighted by atomic mass is 16.5. The van der Waals surface area contributed by atoms with Gasteiger partial charge in [0.2, 0.25) is 11.9 Å². The number of amides is 1. The lowest BCUT2D eigenvalue weighted by molar-refractivity contribution is -0.128. The summed E-state index contributed by atoms with van der Waals surface area (Å²) in [4.78, 5) is 24.7. The van der Waals surface area contributed by atoms with Crippen LogP contribution in [-0.2, 0) is 4.79 Å². The van der Waals surface area contributed by atoms with Crippen LogP contribution in [0.4, 0.5) is 5.95 Å². The Bertz CT molecular complexity index is 1480. The molecule has 38 heavy (non-hydrogen) atoms. The molecule has 1 aliphatic carbocycles. The van der Waals surface area contributed by atoms with E-state index in [1.807, 2.05) is 32.2 Å². The third-order valence-electron chi connectivity index (χ3n) is 8.42. The molecule has 1 N–H and O–H groups in total. The van der Waals surface area contributed by atoms with Crippen molar-refractivity contribution in [3.05, 3.63) is 53.7 Å². The standard InChI is InChI=1S/C29H32N6O3/c1-17-25(18(2)38-33-17)21-9-10-23-26-27(21)37-16-24(22-8-3-4-13-30-22)35(26)29(32-23)34-14-11-20(12-15-34)31-28(36)19-6-5-7-19/h3-4,8-10,13,19-20,24H,5-7,11-12,14-16H2,1-2H3,(H,31,36)/t24-/m1/s1. The molecule has 4 aromatic rings. The lowest BCUT2D eigenvalue weighted by Crippen LogP contribution is -2.48. The summed E-state index contributed by atoms with van der Waals surface area (Å²) in [5.74, 6) is 2.97. The van der Waals surface area contributed by atoms with Crippen molar-refractivity contribution in [3.8, 4) is 16.9 Å². The lowest BCUT2D eigenvalue weighted by Gasteiger charge is -2.36. The number of carbonyl (C=O) groups is 1. The summed E-state index contributed by atoms with van der Waals surface area (Å²) in [7, 11) is 0. The molecule has 0 radical (unpaired) electrons. The van der Waals surface area contributed by atoms with E-state index < -0.39 is 0 Å². The van der Waals surface area contributed by atoms with Gasteiger partial charge in [0.15, 0.2) is 5.75 Å². The van der Waals surface area contributed by atoms with Crippen LogP contribution in [-0.4, -0.2) is 51.3 Å². The summed E-state index contributed by atoms with van der Waals surface area (Å²) in [5, 5.41) is 7.47. The molecule has 3 aromatic heterocycles. The smallest absolute Gasteiger partial charge is 0.223 e. The fourth-order valence-electron chi connectivity index (χ4n) is 6.12. The predicted octanol–water partition coefficient (Wildman–Crippen LogP) is 4.57. The van der Waals surface area contributed by atoms with E-state index >= 15 is 0 Å². The van der Waals surface area contributed by atoms with Crippen LogP contribution in [0.1, 0.15) is 55.3 Å².